The molecule has 1 aliphatic heterocycles. The molecule has 1 aromatic heterocycles. The van der Waals surface area contributed by atoms with Crippen LogP contribution in [0.15, 0.2) is 22.6 Å². The summed E-state index contributed by atoms with van der Waals surface area (Å²) in [6, 6.07) is 5.35. The summed E-state index contributed by atoms with van der Waals surface area (Å²) >= 11 is 0. The molecular formula is C17H22N2O4. The summed E-state index contributed by atoms with van der Waals surface area (Å²) in [7, 11) is 1.64. The number of aromatic nitrogens is 1. The molecule has 1 atom stereocenters. The first kappa shape index (κ1) is 16.0. The lowest BCUT2D eigenvalue weighted by atomic mass is 10.0. The number of amides is 1. The number of hydrogen-bond donors (Lipinski definition) is 0. The van der Waals surface area contributed by atoms with Crippen LogP contribution in [0.5, 0.6) is 0 Å². The van der Waals surface area contributed by atoms with Gasteiger partial charge in [0.05, 0.1) is 18.3 Å². The average molecular weight is 318 g/mol. The van der Waals surface area contributed by atoms with Crippen molar-refractivity contribution in [2.24, 2.45) is 0 Å². The Morgan fingerprint density at radius 1 is 1.48 bits per heavy atom. The van der Waals surface area contributed by atoms with Crippen LogP contribution in [0.4, 0.5) is 0 Å². The van der Waals surface area contributed by atoms with Crippen LogP contribution < -0.4 is 0 Å². The summed E-state index contributed by atoms with van der Waals surface area (Å²) in [5.41, 5.74) is 1.61. The van der Waals surface area contributed by atoms with E-state index in [0.717, 1.165) is 0 Å². The molecule has 124 valence electrons. The molecule has 6 nitrogen and oxygen atoms in total. The zero-order chi connectivity index (χ0) is 16.6. The van der Waals surface area contributed by atoms with E-state index in [2.05, 4.69) is 4.98 Å². The lowest BCUT2D eigenvalue weighted by Crippen LogP contribution is -2.55. The first-order valence-corrected chi connectivity index (χ1v) is 7.71. The summed E-state index contributed by atoms with van der Waals surface area (Å²) in [6.45, 7) is 7.29. The number of carbonyl (C=O) groups excluding carboxylic acids is 1. The monoisotopic (exact) mass is 318 g/mol. The highest BCUT2D eigenvalue weighted by Crippen LogP contribution is 2.24. The standard InChI is InChI=1S/C17H22N2O4/c1-11-18-14-7-12(5-6-15(14)22-11)16(20)19-8-13(9-21-4)23-17(2,3)10-19/h5-7,13H,8-10H2,1-4H3. The molecule has 1 saturated heterocycles. The van der Waals surface area contributed by atoms with Crippen LogP contribution in [0.1, 0.15) is 30.1 Å². The van der Waals surface area contributed by atoms with Gasteiger partial charge in [0, 0.05) is 32.7 Å². The Hall–Kier alpha value is -1.92. The number of benzene rings is 1. The number of nitrogens with zero attached hydrogens (tertiary/aromatic N) is 2. The van der Waals surface area contributed by atoms with Gasteiger partial charge in [0.2, 0.25) is 0 Å². The molecule has 0 N–H and O–H groups in total. The zero-order valence-corrected chi connectivity index (χ0v) is 14.0. The van der Waals surface area contributed by atoms with Crippen molar-refractivity contribution in [3.05, 3.63) is 29.7 Å². The molecule has 0 radical (unpaired) electrons. The van der Waals surface area contributed by atoms with E-state index < -0.39 is 5.60 Å². The third-order valence-electron chi connectivity index (χ3n) is 3.86. The van der Waals surface area contributed by atoms with Crippen molar-refractivity contribution in [3.63, 3.8) is 0 Å². The van der Waals surface area contributed by atoms with Crippen molar-refractivity contribution in [1.29, 1.82) is 0 Å². The number of oxazole rings is 1. The van der Waals surface area contributed by atoms with Gasteiger partial charge in [-0.2, -0.15) is 0 Å². The van der Waals surface area contributed by atoms with Crippen LogP contribution in [0.3, 0.4) is 0 Å². The Morgan fingerprint density at radius 3 is 3.00 bits per heavy atom. The maximum absolute atomic E-state index is 12.9. The Morgan fingerprint density at radius 2 is 2.26 bits per heavy atom. The van der Waals surface area contributed by atoms with Crippen molar-refractivity contribution >= 4 is 17.0 Å². The Labute approximate surface area is 135 Å². The maximum Gasteiger partial charge on any atom is 0.254 e. The maximum atomic E-state index is 12.9. The molecule has 0 aliphatic carbocycles. The predicted molar refractivity (Wildman–Crippen MR) is 85.5 cm³/mol. The third-order valence-corrected chi connectivity index (χ3v) is 3.86. The summed E-state index contributed by atoms with van der Waals surface area (Å²) in [5.74, 6) is 0.572. The zero-order valence-electron chi connectivity index (χ0n) is 14.0. The molecule has 0 spiro atoms. The predicted octanol–water partition coefficient (Wildman–Crippen LogP) is 2.40. The number of fused-ring (bicyclic) bond motifs is 1. The van der Waals surface area contributed by atoms with Gasteiger partial charge in [-0.1, -0.05) is 0 Å². The Balaban J connectivity index is 1.84. The van der Waals surface area contributed by atoms with E-state index in [-0.39, 0.29) is 12.0 Å². The molecule has 2 aromatic rings. The van der Waals surface area contributed by atoms with E-state index in [1.807, 2.05) is 18.7 Å². The van der Waals surface area contributed by atoms with Crippen molar-refractivity contribution in [1.82, 2.24) is 9.88 Å². The fraction of sp³-hybridized carbons (Fsp3) is 0.529. The summed E-state index contributed by atoms with van der Waals surface area (Å²) < 4.78 is 16.6. The van der Waals surface area contributed by atoms with E-state index in [4.69, 9.17) is 13.9 Å². The highest BCUT2D eigenvalue weighted by molar-refractivity contribution is 5.97. The Kier molecular flexibility index (Phi) is 4.12. The molecule has 1 aliphatic rings. The molecule has 1 aromatic carbocycles. The molecule has 1 fully saturated rings. The van der Waals surface area contributed by atoms with Gasteiger partial charge in [0.15, 0.2) is 11.5 Å². The van der Waals surface area contributed by atoms with Crippen molar-refractivity contribution in [3.8, 4) is 0 Å². The van der Waals surface area contributed by atoms with E-state index >= 15 is 0 Å². The minimum absolute atomic E-state index is 0.0231. The molecule has 1 amide bonds. The van der Waals surface area contributed by atoms with E-state index in [1.54, 1.807) is 32.2 Å². The van der Waals surface area contributed by atoms with E-state index in [0.29, 0.717) is 42.3 Å². The number of methoxy groups -OCH3 is 1. The van der Waals surface area contributed by atoms with Gasteiger partial charge in [-0.25, -0.2) is 4.98 Å². The van der Waals surface area contributed by atoms with Crippen LogP contribution in [-0.4, -0.2) is 54.3 Å². The van der Waals surface area contributed by atoms with Gasteiger partial charge >= 0.3 is 0 Å². The number of ether oxygens (including phenoxy) is 2. The van der Waals surface area contributed by atoms with E-state index in [1.165, 1.54) is 0 Å². The lowest BCUT2D eigenvalue weighted by molar-refractivity contribution is -0.143. The number of morpholine rings is 1. The van der Waals surface area contributed by atoms with Crippen LogP contribution in [-0.2, 0) is 9.47 Å². The first-order chi connectivity index (χ1) is 10.9. The molecular weight excluding hydrogens is 296 g/mol. The largest absolute Gasteiger partial charge is 0.441 e. The molecule has 0 saturated carbocycles. The quantitative estimate of drug-likeness (QED) is 0.869. The molecule has 6 heteroatoms. The minimum atomic E-state index is -0.397. The third kappa shape index (κ3) is 3.38. The van der Waals surface area contributed by atoms with Gasteiger partial charge in [-0.05, 0) is 32.0 Å². The smallest absolute Gasteiger partial charge is 0.254 e. The van der Waals surface area contributed by atoms with Crippen molar-refractivity contribution < 1.29 is 18.7 Å². The lowest BCUT2D eigenvalue weighted by Gasteiger charge is -2.42. The van der Waals surface area contributed by atoms with Crippen LogP contribution in [0, 0.1) is 6.92 Å². The van der Waals surface area contributed by atoms with Gasteiger partial charge in [0.25, 0.3) is 5.91 Å². The van der Waals surface area contributed by atoms with Gasteiger partial charge in [-0.3, -0.25) is 4.79 Å². The number of rotatable bonds is 3. The van der Waals surface area contributed by atoms with Crippen molar-refractivity contribution in [2.45, 2.75) is 32.5 Å². The molecule has 0 bridgehead atoms. The Bertz CT molecular complexity index is 722. The molecule has 2 heterocycles. The second-order valence-electron chi connectivity index (χ2n) is 6.56. The minimum Gasteiger partial charge on any atom is -0.441 e. The second-order valence-corrected chi connectivity index (χ2v) is 6.56. The summed E-state index contributed by atoms with van der Waals surface area (Å²) in [6.07, 6.45) is -0.120. The fourth-order valence-corrected chi connectivity index (χ4v) is 3.08. The summed E-state index contributed by atoms with van der Waals surface area (Å²) in [4.78, 5) is 19.0. The molecule has 1 unspecified atom stereocenters. The SMILES string of the molecule is COCC1CN(C(=O)c2ccc3oc(C)nc3c2)CC(C)(C)O1. The normalized spacial score (nSPS) is 20.9. The van der Waals surface area contributed by atoms with E-state index in [9.17, 15) is 4.79 Å². The van der Waals surface area contributed by atoms with Gasteiger partial charge < -0.3 is 18.8 Å². The van der Waals surface area contributed by atoms with Crippen molar-refractivity contribution in [2.75, 3.05) is 26.8 Å². The van der Waals surface area contributed by atoms with Crippen LogP contribution in [0.2, 0.25) is 0 Å². The second kappa shape index (κ2) is 5.94. The van der Waals surface area contributed by atoms with Gasteiger partial charge in [-0.15, -0.1) is 0 Å². The highest BCUT2D eigenvalue weighted by atomic mass is 16.5. The van der Waals surface area contributed by atoms with Gasteiger partial charge in [0.1, 0.15) is 5.52 Å². The number of hydrogen-bond acceptors (Lipinski definition) is 5. The molecule has 23 heavy (non-hydrogen) atoms. The average Bonchev–Trinajstić information content (AvgIpc) is 2.84. The summed E-state index contributed by atoms with van der Waals surface area (Å²) in [5, 5.41) is 0. The van der Waals surface area contributed by atoms with Crippen LogP contribution in [0.25, 0.3) is 11.1 Å². The molecule has 3 rings (SSSR count). The number of carbonyl (C=O) groups is 1. The topological polar surface area (TPSA) is 64.8 Å². The highest BCUT2D eigenvalue weighted by Gasteiger charge is 2.36. The van der Waals surface area contributed by atoms with Crippen LogP contribution >= 0.6 is 0 Å². The number of aryl methyl sites for hydroxylation is 1. The fourth-order valence-electron chi connectivity index (χ4n) is 3.08. The first-order valence-electron chi connectivity index (χ1n) is 7.71.